The van der Waals surface area contributed by atoms with Crippen LogP contribution in [0.5, 0.6) is 0 Å². The van der Waals surface area contributed by atoms with Crippen LogP contribution in [0.2, 0.25) is 0 Å². The van der Waals surface area contributed by atoms with E-state index in [1.807, 2.05) is 13.8 Å². The summed E-state index contributed by atoms with van der Waals surface area (Å²) >= 11 is 0. The molecular formula is C26H35N3O3. The molecule has 0 spiro atoms. The Morgan fingerprint density at radius 3 is 2.44 bits per heavy atom. The van der Waals surface area contributed by atoms with Gasteiger partial charge in [-0.3, -0.25) is 14.6 Å². The maximum absolute atomic E-state index is 13.3. The molecule has 1 saturated heterocycles. The van der Waals surface area contributed by atoms with E-state index in [1.165, 1.54) is 18.2 Å². The van der Waals surface area contributed by atoms with Crippen molar-refractivity contribution < 1.29 is 14.3 Å². The number of carbonyl (C=O) groups is 2. The molecule has 0 N–H and O–H groups in total. The fourth-order valence-electron chi connectivity index (χ4n) is 5.23. The minimum Gasteiger partial charge on any atom is -0.466 e. The molecule has 0 unspecified atom stereocenters. The number of esters is 1. The fourth-order valence-corrected chi connectivity index (χ4v) is 5.23. The van der Waals surface area contributed by atoms with Gasteiger partial charge >= 0.3 is 5.97 Å². The van der Waals surface area contributed by atoms with Gasteiger partial charge in [0.15, 0.2) is 0 Å². The third-order valence-corrected chi connectivity index (χ3v) is 6.97. The zero-order valence-corrected chi connectivity index (χ0v) is 19.7. The zero-order chi connectivity index (χ0) is 22.8. The van der Waals surface area contributed by atoms with Gasteiger partial charge in [0.25, 0.3) is 0 Å². The Bertz CT molecular complexity index is 928. The van der Waals surface area contributed by atoms with Crippen LogP contribution >= 0.6 is 0 Å². The number of allylic oxidation sites excluding steroid dienone is 1. The maximum Gasteiger partial charge on any atom is 0.335 e. The quantitative estimate of drug-likeness (QED) is 0.506. The highest BCUT2D eigenvalue weighted by atomic mass is 16.5. The van der Waals surface area contributed by atoms with E-state index >= 15 is 0 Å². The molecule has 1 fully saturated rings. The molecule has 1 amide bonds. The van der Waals surface area contributed by atoms with E-state index in [2.05, 4.69) is 47.1 Å². The van der Waals surface area contributed by atoms with Crippen molar-refractivity contribution in [3.05, 3.63) is 58.8 Å². The molecule has 4 rings (SSSR count). The lowest BCUT2D eigenvalue weighted by Gasteiger charge is -2.38. The Labute approximate surface area is 191 Å². The predicted molar refractivity (Wildman–Crippen MR) is 125 cm³/mol. The van der Waals surface area contributed by atoms with Crippen molar-refractivity contribution in [1.29, 1.82) is 0 Å². The minimum atomic E-state index is -0.322. The summed E-state index contributed by atoms with van der Waals surface area (Å²) in [6.07, 6.45) is 4.64. The Balaban J connectivity index is 1.39. The molecule has 3 aliphatic rings. The minimum absolute atomic E-state index is 0.00937. The second-order valence-electron chi connectivity index (χ2n) is 9.56. The van der Waals surface area contributed by atoms with Crippen molar-refractivity contribution in [1.82, 2.24) is 14.7 Å². The first-order valence-corrected chi connectivity index (χ1v) is 11.7. The van der Waals surface area contributed by atoms with Crippen LogP contribution in [0.25, 0.3) is 0 Å². The fraction of sp³-hybridized carbons (Fsp3) is 0.538. The molecule has 1 aromatic rings. The Hall–Kier alpha value is -2.44. The van der Waals surface area contributed by atoms with Gasteiger partial charge in [0, 0.05) is 57.4 Å². The molecule has 0 bridgehead atoms. The van der Waals surface area contributed by atoms with Crippen LogP contribution in [0.1, 0.15) is 31.4 Å². The normalized spacial score (nSPS) is 24.4. The molecular weight excluding hydrogens is 402 g/mol. The molecule has 172 valence electrons. The number of carbonyl (C=O) groups excluding carboxylic acids is 2. The maximum atomic E-state index is 13.3. The molecule has 0 saturated carbocycles. The van der Waals surface area contributed by atoms with Crippen LogP contribution in [0.4, 0.5) is 0 Å². The Kier molecular flexibility index (Phi) is 6.82. The molecule has 2 atom stereocenters. The standard InChI is InChI=1S/C26H35N3O3/c1-18(2)29-17-23(26(31)32-4)22-9-8-21(24(22)25(29)30)16-28-12-10-27(11-13-28)15-20-7-5-6-19(3)14-20/h5-8,14,17-18,22,24H,9-13,15-16H2,1-4H3/t22-,24-/m1/s1. The molecule has 0 aromatic heterocycles. The molecule has 32 heavy (non-hydrogen) atoms. The van der Waals surface area contributed by atoms with Crippen molar-refractivity contribution in [2.75, 3.05) is 39.8 Å². The predicted octanol–water partition coefficient (Wildman–Crippen LogP) is 2.98. The molecule has 6 nitrogen and oxygen atoms in total. The topological polar surface area (TPSA) is 53.1 Å². The largest absolute Gasteiger partial charge is 0.466 e. The highest BCUT2D eigenvalue weighted by Gasteiger charge is 2.45. The first-order valence-electron chi connectivity index (χ1n) is 11.7. The van der Waals surface area contributed by atoms with Crippen LogP contribution < -0.4 is 0 Å². The number of piperazine rings is 1. The van der Waals surface area contributed by atoms with E-state index in [4.69, 9.17) is 4.74 Å². The van der Waals surface area contributed by atoms with Crippen LogP contribution in [0, 0.1) is 18.8 Å². The van der Waals surface area contributed by atoms with Gasteiger partial charge in [0.05, 0.1) is 18.6 Å². The van der Waals surface area contributed by atoms with Crippen molar-refractivity contribution >= 4 is 11.9 Å². The van der Waals surface area contributed by atoms with E-state index in [9.17, 15) is 9.59 Å². The summed E-state index contributed by atoms with van der Waals surface area (Å²) in [6, 6.07) is 8.73. The van der Waals surface area contributed by atoms with E-state index in [0.29, 0.717) is 5.57 Å². The van der Waals surface area contributed by atoms with Gasteiger partial charge in [-0.15, -0.1) is 0 Å². The second-order valence-corrected chi connectivity index (χ2v) is 9.56. The van der Waals surface area contributed by atoms with Gasteiger partial charge in [-0.05, 0) is 38.3 Å². The first kappa shape index (κ1) is 22.7. The summed E-state index contributed by atoms with van der Waals surface area (Å²) in [7, 11) is 1.41. The zero-order valence-electron chi connectivity index (χ0n) is 19.7. The van der Waals surface area contributed by atoms with Crippen LogP contribution in [0.3, 0.4) is 0 Å². The smallest absolute Gasteiger partial charge is 0.335 e. The lowest BCUT2D eigenvalue weighted by atomic mass is 9.81. The van der Waals surface area contributed by atoms with E-state index in [-0.39, 0.29) is 29.8 Å². The molecule has 0 radical (unpaired) electrons. The number of hydrogen-bond donors (Lipinski definition) is 0. The van der Waals surface area contributed by atoms with Crippen LogP contribution in [0.15, 0.2) is 47.7 Å². The van der Waals surface area contributed by atoms with Crippen molar-refractivity contribution in [3.8, 4) is 0 Å². The summed E-state index contributed by atoms with van der Waals surface area (Å²) in [5.41, 5.74) is 4.45. The molecule has 2 heterocycles. The molecule has 2 aliphatic heterocycles. The number of benzene rings is 1. The van der Waals surface area contributed by atoms with Gasteiger partial charge in [-0.2, -0.15) is 0 Å². The number of hydrogen-bond acceptors (Lipinski definition) is 5. The van der Waals surface area contributed by atoms with Gasteiger partial charge in [-0.25, -0.2) is 4.79 Å². The Morgan fingerprint density at radius 2 is 1.81 bits per heavy atom. The van der Waals surface area contributed by atoms with Crippen LogP contribution in [-0.2, 0) is 20.9 Å². The first-order chi connectivity index (χ1) is 15.4. The highest BCUT2D eigenvalue weighted by molar-refractivity contribution is 5.95. The van der Waals surface area contributed by atoms with Crippen molar-refractivity contribution in [3.63, 3.8) is 0 Å². The highest BCUT2D eigenvalue weighted by Crippen LogP contribution is 2.42. The molecule has 6 heteroatoms. The summed E-state index contributed by atoms with van der Waals surface area (Å²) in [5.74, 6) is -0.554. The SMILES string of the molecule is COC(=O)C1=CN(C(C)C)C(=O)[C@@H]2C(CN3CCN(Cc4cccc(C)c4)CC3)=CC[C@H]12. The lowest BCUT2D eigenvalue weighted by molar-refractivity contribution is -0.139. The summed E-state index contributed by atoms with van der Waals surface area (Å²) in [6.45, 7) is 11.9. The molecule has 1 aliphatic carbocycles. The monoisotopic (exact) mass is 437 g/mol. The third-order valence-electron chi connectivity index (χ3n) is 6.97. The molecule has 1 aromatic carbocycles. The lowest BCUT2D eigenvalue weighted by Crippen LogP contribution is -2.49. The third kappa shape index (κ3) is 4.66. The van der Waals surface area contributed by atoms with Gasteiger partial charge in [0.1, 0.15) is 0 Å². The van der Waals surface area contributed by atoms with E-state index in [0.717, 1.165) is 51.3 Å². The van der Waals surface area contributed by atoms with E-state index < -0.39 is 0 Å². The van der Waals surface area contributed by atoms with Crippen molar-refractivity contribution in [2.45, 2.75) is 39.8 Å². The van der Waals surface area contributed by atoms with E-state index in [1.54, 1.807) is 11.1 Å². The number of aryl methyl sites for hydroxylation is 1. The van der Waals surface area contributed by atoms with Gasteiger partial charge < -0.3 is 9.64 Å². The number of rotatable bonds is 6. The summed E-state index contributed by atoms with van der Waals surface area (Å²) in [4.78, 5) is 32.4. The summed E-state index contributed by atoms with van der Waals surface area (Å²) < 4.78 is 5.03. The second kappa shape index (κ2) is 9.59. The number of fused-ring (bicyclic) bond motifs is 1. The van der Waals surface area contributed by atoms with Gasteiger partial charge in [0.2, 0.25) is 5.91 Å². The average Bonchev–Trinajstić information content (AvgIpc) is 3.19. The van der Waals surface area contributed by atoms with Crippen LogP contribution in [-0.4, -0.2) is 72.5 Å². The number of methoxy groups -OCH3 is 1. The average molecular weight is 438 g/mol. The van der Waals surface area contributed by atoms with Gasteiger partial charge in [-0.1, -0.05) is 35.9 Å². The Morgan fingerprint density at radius 1 is 1.12 bits per heavy atom. The number of nitrogens with zero attached hydrogens (tertiary/aromatic N) is 3. The number of amides is 1. The summed E-state index contributed by atoms with van der Waals surface area (Å²) in [5, 5.41) is 0. The van der Waals surface area contributed by atoms with Crippen molar-refractivity contribution in [2.24, 2.45) is 11.8 Å². The number of ether oxygens (including phenoxy) is 1.